The lowest BCUT2D eigenvalue weighted by molar-refractivity contribution is -0.0177. The summed E-state index contributed by atoms with van der Waals surface area (Å²) in [5, 5.41) is 15.2. The maximum absolute atomic E-state index is 13.8. The molecule has 176 valence electrons. The van der Waals surface area contributed by atoms with Crippen LogP contribution >= 0.6 is 0 Å². The Balaban J connectivity index is 1.24. The summed E-state index contributed by atoms with van der Waals surface area (Å²) in [6.45, 7) is 4.04. The summed E-state index contributed by atoms with van der Waals surface area (Å²) in [6, 6.07) is 16.4. The lowest BCUT2D eigenvalue weighted by atomic mass is 9.96. The zero-order valence-corrected chi connectivity index (χ0v) is 18.9. The van der Waals surface area contributed by atoms with E-state index >= 15 is 0 Å². The third-order valence-corrected chi connectivity index (χ3v) is 6.01. The lowest BCUT2D eigenvalue weighted by Gasteiger charge is -2.27. The lowest BCUT2D eigenvalue weighted by Crippen LogP contribution is -2.37. The van der Waals surface area contributed by atoms with Crippen LogP contribution in [0, 0.1) is 5.82 Å². The second kappa shape index (κ2) is 11.3. The Hall–Kier alpha value is -2.90. The number of rotatable bonds is 10. The van der Waals surface area contributed by atoms with Crippen LogP contribution in [0.1, 0.15) is 31.2 Å². The molecule has 1 N–H and O–H groups in total. The fourth-order valence-electron chi connectivity index (χ4n) is 4.15. The van der Waals surface area contributed by atoms with Gasteiger partial charge < -0.3 is 14.6 Å². The van der Waals surface area contributed by atoms with Crippen molar-refractivity contribution in [2.24, 2.45) is 0 Å². The number of aromatic nitrogens is 2. The first-order valence-electron chi connectivity index (χ1n) is 11.6. The number of likely N-dealkylation sites (tertiary alicyclic amines) is 1. The molecule has 4 rings (SSSR count). The zero-order valence-electron chi connectivity index (χ0n) is 18.9. The molecule has 2 aromatic carbocycles. The summed E-state index contributed by atoms with van der Waals surface area (Å²) in [7, 11) is 0. The molecule has 1 aromatic heterocycles. The predicted octanol–water partition coefficient (Wildman–Crippen LogP) is 4.29. The monoisotopic (exact) mass is 453 g/mol. The summed E-state index contributed by atoms with van der Waals surface area (Å²) in [5.74, 6) is 0.658. The first-order valence-corrected chi connectivity index (χ1v) is 11.6. The number of benzene rings is 2. The molecule has 0 bridgehead atoms. The van der Waals surface area contributed by atoms with Gasteiger partial charge in [0.2, 0.25) is 0 Å². The molecule has 2 heterocycles. The minimum Gasteiger partial charge on any atom is -0.494 e. The zero-order chi connectivity index (χ0) is 22.9. The molecule has 3 aromatic rings. The molecule has 0 radical (unpaired) electrons. The highest BCUT2D eigenvalue weighted by Crippen LogP contribution is 2.26. The van der Waals surface area contributed by atoms with Crippen LogP contribution in [0.4, 0.5) is 4.39 Å². The molecule has 1 unspecified atom stereocenters. The third-order valence-electron chi connectivity index (χ3n) is 6.01. The Morgan fingerprint density at radius 1 is 1.03 bits per heavy atom. The van der Waals surface area contributed by atoms with E-state index in [0.717, 1.165) is 44.8 Å². The van der Waals surface area contributed by atoms with E-state index in [1.54, 1.807) is 24.4 Å². The molecule has 1 fully saturated rings. The molecule has 1 aliphatic rings. The van der Waals surface area contributed by atoms with Crippen LogP contribution in [-0.4, -0.2) is 51.7 Å². The van der Waals surface area contributed by atoms with Crippen LogP contribution in [0.25, 0.3) is 0 Å². The maximum atomic E-state index is 13.8. The van der Waals surface area contributed by atoms with Gasteiger partial charge in [0.1, 0.15) is 12.4 Å². The minimum atomic E-state index is -0.948. The van der Waals surface area contributed by atoms with E-state index in [1.165, 1.54) is 11.6 Å². The van der Waals surface area contributed by atoms with Gasteiger partial charge in [-0.05, 0) is 61.7 Å². The van der Waals surface area contributed by atoms with Crippen molar-refractivity contribution >= 4 is 0 Å². The Morgan fingerprint density at radius 3 is 2.79 bits per heavy atom. The topological polar surface area (TPSA) is 59.8 Å². The van der Waals surface area contributed by atoms with E-state index in [-0.39, 0.29) is 12.4 Å². The summed E-state index contributed by atoms with van der Waals surface area (Å²) in [6.07, 6.45) is 6.72. The van der Waals surface area contributed by atoms with Crippen molar-refractivity contribution in [1.29, 1.82) is 0 Å². The van der Waals surface area contributed by atoms with Gasteiger partial charge in [-0.25, -0.2) is 4.39 Å². The number of aryl methyl sites for hydroxylation is 1. The second-order valence-corrected chi connectivity index (χ2v) is 8.69. The average molecular weight is 454 g/mol. The van der Waals surface area contributed by atoms with Crippen molar-refractivity contribution in [2.75, 3.05) is 26.3 Å². The second-order valence-electron chi connectivity index (χ2n) is 8.69. The summed E-state index contributed by atoms with van der Waals surface area (Å²) < 4.78 is 27.3. The minimum absolute atomic E-state index is 0.101. The summed E-state index contributed by atoms with van der Waals surface area (Å²) in [4.78, 5) is 2.35. The van der Waals surface area contributed by atoms with Gasteiger partial charge in [0, 0.05) is 38.4 Å². The van der Waals surface area contributed by atoms with Gasteiger partial charge in [-0.2, -0.15) is 5.10 Å². The van der Waals surface area contributed by atoms with E-state index in [0.29, 0.717) is 19.4 Å². The molecule has 0 saturated carbocycles. The summed E-state index contributed by atoms with van der Waals surface area (Å²) >= 11 is 0. The average Bonchev–Trinajstić information content (AvgIpc) is 3.27. The molecule has 0 amide bonds. The Kier molecular flexibility index (Phi) is 7.96. The molecule has 7 heteroatoms. The van der Waals surface area contributed by atoms with Crippen molar-refractivity contribution in [3.05, 3.63) is 78.4 Å². The fraction of sp³-hybridized carbons (Fsp3) is 0.423. The number of ether oxygens (including phenoxy) is 2. The number of aliphatic hydroxyl groups is 1. The van der Waals surface area contributed by atoms with E-state index in [4.69, 9.17) is 9.47 Å². The summed E-state index contributed by atoms with van der Waals surface area (Å²) in [5.41, 5.74) is 0.240. The standard InChI is InChI=1S/C26H32FN3O3/c27-24-9-1-2-10-25(24)33-21-26(31)11-4-14-29(17-12-26)20-22-7-3-8-23(19-22)32-18-6-16-30-15-5-13-28-30/h1-3,5,7-10,13,15,19,31H,4,6,11-12,14,16-18,20-21H2. The van der Waals surface area contributed by atoms with Crippen molar-refractivity contribution in [2.45, 2.75) is 44.4 Å². The molecule has 1 aliphatic heterocycles. The van der Waals surface area contributed by atoms with Gasteiger partial charge >= 0.3 is 0 Å². The largest absolute Gasteiger partial charge is 0.494 e. The van der Waals surface area contributed by atoms with E-state index in [9.17, 15) is 9.50 Å². The first-order chi connectivity index (χ1) is 16.1. The van der Waals surface area contributed by atoms with Crippen molar-refractivity contribution in [3.63, 3.8) is 0 Å². The van der Waals surface area contributed by atoms with Gasteiger partial charge in [0.05, 0.1) is 12.2 Å². The van der Waals surface area contributed by atoms with Crippen LogP contribution in [0.3, 0.4) is 0 Å². The highest BCUT2D eigenvalue weighted by Gasteiger charge is 2.31. The fourth-order valence-corrected chi connectivity index (χ4v) is 4.15. The molecule has 1 atom stereocenters. The van der Waals surface area contributed by atoms with Crippen LogP contribution in [0.15, 0.2) is 67.0 Å². The molecular weight excluding hydrogens is 421 g/mol. The van der Waals surface area contributed by atoms with E-state index in [1.807, 2.05) is 29.1 Å². The van der Waals surface area contributed by atoms with E-state index in [2.05, 4.69) is 22.1 Å². The highest BCUT2D eigenvalue weighted by atomic mass is 19.1. The quantitative estimate of drug-likeness (QED) is 0.464. The Bertz CT molecular complexity index is 998. The smallest absolute Gasteiger partial charge is 0.165 e. The van der Waals surface area contributed by atoms with Crippen LogP contribution in [0.2, 0.25) is 0 Å². The van der Waals surface area contributed by atoms with Gasteiger partial charge in [0.15, 0.2) is 11.6 Å². The number of para-hydroxylation sites is 1. The van der Waals surface area contributed by atoms with Gasteiger partial charge in [-0.1, -0.05) is 24.3 Å². The van der Waals surface area contributed by atoms with Crippen molar-refractivity contribution in [3.8, 4) is 11.5 Å². The van der Waals surface area contributed by atoms with Gasteiger partial charge in [-0.15, -0.1) is 0 Å². The van der Waals surface area contributed by atoms with Crippen LogP contribution in [0.5, 0.6) is 11.5 Å². The molecular formula is C26H32FN3O3. The Labute approximate surface area is 194 Å². The van der Waals surface area contributed by atoms with Crippen molar-refractivity contribution < 1.29 is 19.0 Å². The molecule has 1 saturated heterocycles. The van der Waals surface area contributed by atoms with Crippen LogP contribution in [-0.2, 0) is 13.1 Å². The third kappa shape index (κ3) is 7.04. The molecule has 6 nitrogen and oxygen atoms in total. The first kappa shape index (κ1) is 23.3. The Morgan fingerprint density at radius 2 is 1.94 bits per heavy atom. The number of nitrogens with zero attached hydrogens (tertiary/aromatic N) is 3. The number of halogens is 1. The molecule has 0 aliphatic carbocycles. The number of hydrogen-bond donors (Lipinski definition) is 1. The normalized spacial score (nSPS) is 19.2. The van der Waals surface area contributed by atoms with Crippen LogP contribution < -0.4 is 9.47 Å². The number of hydrogen-bond acceptors (Lipinski definition) is 5. The maximum Gasteiger partial charge on any atom is 0.165 e. The predicted molar refractivity (Wildman–Crippen MR) is 125 cm³/mol. The van der Waals surface area contributed by atoms with E-state index < -0.39 is 11.4 Å². The SMILES string of the molecule is OC1(COc2ccccc2F)CCCN(Cc2cccc(OCCCn3cccn3)c2)CC1. The molecule has 0 spiro atoms. The van der Waals surface area contributed by atoms with Crippen molar-refractivity contribution in [1.82, 2.24) is 14.7 Å². The highest BCUT2D eigenvalue weighted by molar-refractivity contribution is 5.28. The van der Waals surface area contributed by atoms with Gasteiger partial charge in [-0.3, -0.25) is 9.58 Å². The van der Waals surface area contributed by atoms with Gasteiger partial charge in [0.25, 0.3) is 0 Å². The molecule has 33 heavy (non-hydrogen) atoms.